The number of ether oxygens (including phenoxy) is 2. The third-order valence-electron chi connectivity index (χ3n) is 4.67. The van der Waals surface area contributed by atoms with Gasteiger partial charge in [-0.2, -0.15) is 0 Å². The first kappa shape index (κ1) is 22.2. The van der Waals surface area contributed by atoms with Crippen LogP contribution in [0.3, 0.4) is 0 Å². The minimum Gasteiger partial charge on any atom is -0.493 e. The van der Waals surface area contributed by atoms with E-state index in [2.05, 4.69) is 50.4 Å². The largest absolute Gasteiger partial charge is 0.493 e. The molecule has 0 aliphatic heterocycles. The molecule has 2 aromatic carbocycles. The van der Waals surface area contributed by atoms with Crippen molar-refractivity contribution < 1.29 is 14.3 Å². The number of nitrogens with one attached hydrogen (secondary N) is 1. The Morgan fingerprint density at radius 3 is 2.11 bits per heavy atom. The van der Waals surface area contributed by atoms with Gasteiger partial charge in [-0.15, -0.1) is 11.8 Å². The van der Waals surface area contributed by atoms with Crippen molar-refractivity contribution in [2.45, 2.75) is 56.2 Å². The van der Waals surface area contributed by atoms with Gasteiger partial charge in [-0.25, -0.2) is 0 Å². The Morgan fingerprint density at radius 1 is 0.964 bits per heavy atom. The molecule has 28 heavy (non-hydrogen) atoms. The summed E-state index contributed by atoms with van der Waals surface area (Å²) in [7, 11) is 3.21. The Balaban J connectivity index is 2.00. The molecule has 0 unspecified atom stereocenters. The number of thioether (sulfide) groups is 1. The lowest BCUT2D eigenvalue weighted by molar-refractivity contribution is -0.120. The topological polar surface area (TPSA) is 47.6 Å². The monoisotopic (exact) mass is 401 g/mol. The van der Waals surface area contributed by atoms with Gasteiger partial charge in [0, 0.05) is 4.90 Å². The maximum absolute atomic E-state index is 12.6. The molecule has 2 aromatic rings. The third-order valence-corrected chi connectivity index (χ3v) is 5.77. The number of carbonyl (C=O) groups excluding carboxylic acids is 1. The summed E-state index contributed by atoms with van der Waals surface area (Å²) < 4.78 is 10.6. The highest BCUT2D eigenvalue weighted by atomic mass is 32.2. The lowest BCUT2D eigenvalue weighted by Gasteiger charge is -2.21. The molecular weight excluding hydrogens is 370 g/mol. The smallest absolute Gasteiger partial charge is 0.233 e. The number of benzene rings is 2. The van der Waals surface area contributed by atoms with Crippen LogP contribution in [0.5, 0.6) is 11.5 Å². The Morgan fingerprint density at radius 2 is 1.57 bits per heavy atom. The molecule has 0 radical (unpaired) electrons. The average molecular weight is 402 g/mol. The first-order valence-corrected chi connectivity index (χ1v) is 10.3. The van der Waals surface area contributed by atoms with Crippen molar-refractivity contribution in [1.82, 2.24) is 5.32 Å². The summed E-state index contributed by atoms with van der Waals surface area (Å²) in [5, 5.41) is 2.88. The fourth-order valence-electron chi connectivity index (χ4n) is 2.83. The van der Waals surface area contributed by atoms with E-state index in [4.69, 9.17) is 9.47 Å². The van der Waals surface area contributed by atoms with Crippen LogP contribution in [0.1, 0.15) is 51.8 Å². The highest BCUT2D eigenvalue weighted by molar-refractivity contribution is 8.00. The summed E-state index contributed by atoms with van der Waals surface area (Å²) in [6.07, 6.45) is 0. The van der Waals surface area contributed by atoms with Crippen LogP contribution in [0.25, 0.3) is 0 Å². The van der Waals surface area contributed by atoms with Crippen LogP contribution in [0.4, 0.5) is 0 Å². The molecule has 152 valence electrons. The Kier molecular flexibility index (Phi) is 7.41. The van der Waals surface area contributed by atoms with Gasteiger partial charge in [0.2, 0.25) is 5.91 Å². The predicted molar refractivity (Wildman–Crippen MR) is 117 cm³/mol. The number of hydrogen-bond acceptors (Lipinski definition) is 4. The fourth-order valence-corrected chi connectivity index (χ4v) is 3.74. The number of carbonyl (C=O) groups is 1. The van der Waals surface area contributed by atoms with Gasteiger partial charge in [-0.3, -0.25) is 4.79 Å². The standard InChI is InChI=1S/C23H31NO3S/c1-15(17-8-10-18(11-9-17)23(3,4)5)24-22(25)16(2)28-19-12-13-20(26-6)21(14-19)27-7/h8-16H,1-7H3,(H,24,25)/t15-,16+/m0/s1. The molecule has 0 saturated carbocycles. The van der Waals surface area contributed by atoms with E-state index in [1.54, 1.807) is 14.2 Å². The third kappa shape index (κ3) is 5.68. The van der Waals surface area contributed by atoms with Crippen molar-refractivity contribution in [3.63, 3.8) is 0 Å². The second-order valence-corrected chi connectivity index (χ2v) is 9.29. The van der Waals surface area contributed by atoms with Gasteiger partial charge >= 0.3 is 0 Å². The quantitative estimate of drug-likeness (QED) is 0.635. The van der Waals surface area contributed by atoms with Crippen molar-refractivity contribution in [2.24, 2.45) is 0 Å². The zero-order valence-electron chi connectivity index (χ0n) is 17.8. The van der Waals surface area contributed by atoms with Gasteiger partial charge in [0.05, 0.1) is 25.5 Å². The summed E-state index contributed by atoms with van der Waals surface area (Å²) in [6, 6.07) is 14.1. The van der Waals surface area contributed by atoms with Gasteiger partial charge < -0.3 is 14.8 Å². The van der Waals surface area contributed by atoms with Gasteiger partial charge in [-0.05, 0) is 48.6 Å². The Bertz CT molecular complexity index is 796. The Hall–Kier alpha value is -2.14. The SMILES string of the molecule is COc1ccc(S[C@H](C)C(=O)N[C@@H](C)c2ccc(C(C)(C)C)cc2)cc1OC. The number of hydrogen-bond donors (Lipinski definition) is 1. The van der Waals surface area contributed by atoms with E-state index >= 15 is 0 Å². The van der Waals surface area contributed by atoms with Crippen LogP contribution in [0.2, 0.25) is 0 Å². The lowest BCUT2D eigenvalue weighted by Crippen LogP contribution is -2.33. The van der Waals surface area contributed by atoms with Crippen molar-refractivity contribution >= 4 is 17.7 Å². The summed E-state index contributed by atoms with van der Waals surface area (Å²) in [5.74, 6) is 1.34. The van der Waals surface area contributed by atoms with Crippen LogP contribution in [-0.2, 0) is 10.2 Å². The van der Waals surface area contributed by atoms with E-state index in [1.807, 2.05) is 32.0 Å². The van der Waals surface area contributed by atoms with Crippen molar-refractivity contribution in [3.8, 4) is 11.5 Å². The summed E-state index contributed by atoms with van der Waals surface area (Å²) in [5.41, 5.74) is 2.51. The molecule has 0 bridgehead atoms. The predicted octanol–water partition coefficient (Wildman–Crippen LogP) is 5.36. The number of methoxy groups -OCH3 is 2. The second kappa shape index (κ2) is 9.37. The van der Waals surface area contributed by atoms with E-state index in [0.29, 0.717) is 11.5 Å². The normalized spacial score (nSPS) is 13.5. The lowest BCUT2D eigenvalue weighted by atomic mass is 9.86. The fraction of sp³-hybridized carbons (Fsp3) is 0.435. The molecule has 1 N–H and O–H groups in total. The zero-order valence-corrected chi connectivity index (χ0v) is 18.6. The van der Waals surface area contributed by atoms with Crippen LogP contribution in [0.15, 0.2) is 47.4 Å². The molecule has 2 rings (SSSR count). The molecule has 0 aliphatic carbocycles. The highest BCUT2D eigenvalue weighted by Gasteiger charge is 2.19. The molecule has 2 atom stereocenters. The Labute approximate surface area is 173 Å². The van der Waals surface area contributed by atoms with Gasteiger partial charge in [0.15, 0.2) is 11.5 Å². The van der Waals surface area contributed by atoms with E-state index in [0.717, 1.165) is 10.5 Å². The molecule has 0 fully saturated rings. The average Bonchev–Trinajstić information content (AvgIpc) is 2.67. The van der Waals surface area contributed by atoms with E-state index < -0.39 is 0 Å². The van der Waals surface area contributed by atoms with Crippen molar-refractivity contribution in [2.75, 3.05) is 14.2 Å². The van der Waals surface area contributed by atoms with Gasteiger partial charge in [0.25, 0.3) is 0 Å². The van der Waals surface area contributed by atoms with E-state index in [-0.39, 0.29) is 22.6 Å². The molecule has 0 spiro atoms. The first-order valence-electron chi connectivity index (χ1n) is 9.45. The maximum Gasteiger partial charge on any atom is 0.233 e. The van der Waals surface area contributed by atoms with E-state index in [1.165, 1.54) is 17.3 Å². The summed E-state index contributed by atoms with van der Waals surface area (Å²) >= 11 is 1.50. The van der Waals surface area contributed by atoms with Crippen LogP contribution in [0, 0.1) is 0 Å². The zero-order chi connectivity index (χ0) is 20.9. The minimum absolute atomic E-state index is 0.00665. The molecule has 4 nitrogen and oxygen atoms in total. The van der Waals surface area contributed by atoms with Gasteiger partial charge in [0.1, 0.15) is 0 Å². The molecule has 0 aromatic heterocycles. The summed E-state index contributed by atoms with van der Waals surface area (Å²) in [4.78, 5) is 13.6. The second-order valence-electron chi connectivity index (χ2n) is 7.88. The first-order chi connectivity index (χ1) is 13.2. The molecule has 0 heterocycles. The van der Waals surface area contributed by atoms with Crippen LogP contribution >= 0.6 is 11.8 Å². The van der Waals surface area contributed by atoms with E-state index in [9.17, 15) is 4.79 Å². The number of rotatable bonds is 7. The molecule has 0 aliphatic rings. The van der Waals surface area contributed by atoms with Crippen LogP contribution < -0.4 is 14.8 Å². The van der Waals surface area contributed by atoms with Crippen molar-refractivity contribution in [1.29, 1.82) is 0 Å². The molecule has 0 saturated heterocycles. The molecule has 5 heteroatoms. The number of amides is 1. The summed E-state index contributed by atoms with van der Waals surface area (Å²) in [6.45, 7) is 10.5. The van der Waals surface area contributed by atoms with Crippen LogP contribution in [-0.4, -0.2) is 25.4 Å². The molecular formula is C23H31NO3S. The van der Waals surface area contributed by atoms with Crippen molar-refractivity contribution in [3.05, 3.63) is 53.6 Å². The maximum atomic E-state index is 12.6. The van der Waals surface area contributed by atoms with Gasteiger partial charge in [-0.1, -0.05) is 45.0 Å². The highest BCUT2D eigenvalue weighted by Crippen LogP contribution is 2.33. The minimum atomic E-state index is -0.227. The molecule has 1 amide bonds.